The molecule has 1 aliphatic heterocycles. The number of hydrogen-bond acceptors (Lipinski definition) is 4. The van der Waals surface area contributed by atoms with Gasteiger partial charge in [-0.1, -0.05) is 6.08 Å². The van der Waals surface area contributed by atoms with Crippen molar-refractivity contribution < 1.29 is 5.11 Å². The van der Waals surface area contributed by atoms with Crippen LogP contribution in [0, 0.1) is 0 Å². The van der Waals surface area contributed by atoms with Gasteiger partial charge in [-0.15, -0.1) is 0 Å². The molecule has 3 N–H and O–H groups in total. The van der Waals surface area contributed by atoms with Gasteiger partial charge in [-0.2, -0.15) is 11.8 Å². The molecule has 1 aliphatic carbocycles. The van der Waals surface area contributed by atoms with Gasteiger partial charge in [0.1, 0.15) is 5.76 Å². The summed E-state index contributed by atoms with van der Waals surface area (Å²) in [7, 11) is 0. The molecule has 78 valence electrons. The number of rotatable bonds is 1. The molecule has 3 nitrogen and oxygen atoms in total. The van der Waals surface area contributed by atoms with Crippen molar-refractivity contribution in [2.45, 2.75) is 12.5 Å². The molecule has 1 fully saturated rings. The van der Waals surface area contributed by atoms with Crippen LogP contribution in [0.3, 0.4) is 0 Å². The standard InChI is InChI=1S/C10H16N2OS/c11-8-2-1-3-9(10(8)13)12-4-6-14-7-5-12/h1,3,8,13H,2,4-7,11H2. The molecule has 0 bridgehead atoms. The van der Waals surface area contributed by atoms with Crippen molar-refractivity contribution in [1.82, 2.24) is 4.90 Å². The van der Waals surface area contributed by atoms with Crippen molar-refractivity contribution in [3.8, 4) is 0 Å². The van der Waals surface area contributed by atoms with Gasteiger partial charge >= 0.3 is 0 Å². The van der Waals surface area contributed by atoms with E-state index in [2.05, 4.69) is 4.90 Å². The van der Waals surface area contributed by atoms with Crippen LogP contribution >= 0.6 is 11.8 Å². The van der Waals surface area contributed by atoms with Crippen LogP contribution in [0.5, 0.6) is 0 Å². The van der Waals surface area contributed by atoms with Gasteiger partial charge in [-0.05, 0) is 12.5 Å². The molecule has 1 saturated heterocycles. The van der Waals surface area contributed by atoms with Crippen LogP contribution in [0.1, 0.15) is 6.42 Å². The topological polar surface area (TPSA) is 49.5 Å². The Hall–Kier alpha value is -0.610. The van der Waals surface area contributed by atoms with Gasteiger partial charge in [0.15, 0.2) is 0 Å². The average molecular weight is 212 g/mol. The molecule has 0 aromatic rings. The van der Waals surface area contributed by atoms with E-state index in [1.165, 1.54) is 0 Å². The molecule has 0 amide bonds. The van der Waals surface area contributed by atoms with Crippen LogP contribution in [0.25, 0.3) is 0 Å². The summed E-state index contributed by atoms with van der Waals surface area (Å²) in [6.07, 6.45) is 4.79. The average Bonchev–Trinajstić information content (AvgIpc) is 2.23. The van der Waals surface area contributed by atoms with Crippen molar-refractivity contribution in [1.29, 1.82) is 0 Å². The van der Waals surface area contributed by atoms with E-state index in [0.29, 0.717) is 5.76 Å². The monoisotopic (exact) mass is 212 g/mol. The summed E-state index contributed by atoms with van der Waals surface area (Å²) in [6.45, 7) is 2.03. The van der Waals surface area contributed by atoms with Crippen molar-refractivity contribution in [3.63, 3.8) is 0 Å². The van der Waals surface area contributed by atoms with E-state index in [1.807, 2.05) is 23.9 Å². The fraction of sp³-hybridized carbons (Fsp3) is 0.600. The zero-order valence-electron chi connectivity index (χ0n) is 8.15. The first-order chi connectivity index (χ1) is 6.79. The third-order valence-corrected chi connectivity index (χ3v) is 3.57. The maximum atomic E-state index is 9.84. The maximum absolute atomic E-state index is 9.84. The zero-order chi connectivity index (χ0) is 9.97. The minimum absolute atomic E-state index is 0.204. The van der Waals surface area contributed by atoms with E-state index >= 15 is 0 Å². The number of nitrogens with zero attached hydrogens (tertiary/aromatic N) is 1. The molecule has 2 aliphatic rings. The van der Waals surface area contributed by atoms with Crippen molar-refractivity contribution in [2.75, 3.05) is 24.6 Å². The molecular formula is C10H16N2OS. The number of aliphatic hydroxyl groups is 1. The molecule has 14 heavy (non-hydrogen) atoms. The Morgan fingerprint density at radius 1 is 1.43 bits per heavy atom. The first-order valence-electron chi connectivity index (χ1n) is 4.97. The Kier molecular flexibility index (Phi) is 3.03. The van der Waals surface area contributed by atoms with Gasteiger partial charge in [0.05, 0.1) is 11.7 Å². The Morgan fingerprint density at radius 3 is 2.86 bits per heavy atom. The lowest BCUT2D eigenvalue weighted by Gasteiger charge is -2.32. The van der Waals surface area contributed by atoms with Gasteiger partial charge in [0.25, 0.3) is 0 Å². The summed E-state index contributed by atoms with van der Waals surface area (Å²) in [4.78, 5) is 2.22. The largest absolute Gasteiger partial charge is 0.508 e. The fourth-order valence-corrected chi connectivity index (χ4v) is 2.69. The number of hydrogen-bond donors (Lipinski definition) is 2. The molecule has 0 aromatic carbocycles. The van der Waals surface area contributed by atoms with Gasteiger partial charge in [-0.25, -0.2) is 0 Å². The zero-order valence-corrected chi connectivity index (χ0v) is 8.96. The molecule has 4 heteroatoms. The molecular weight excluding hydrogens is 196 g/mol. The van der Waals surface area contributed by atoms with Crippen molar-refractivity contribution in [3.05, 3.63) is 23.6 Å². The van der Waals surface area contributed by atoms with Crippen LogP contribution in [0.15, 0.2) is 23.6 Å². The van der Waals surface area contributed by atoms with Crippen LogP contribution in [-0.2, 0) is 0 Å². The maximum Gasteiger partial charge on any atom is 0.132 e. The highest BCUT2D eigenvalue weighted by molar-refractivity contribution is 7.99. The van der Waals surface area contributed by atoms with Crippen LogP contribution in [-0.4, -0.2) is 40.6 Å². The molecule has 2 rings (SSSR count). The predicted molar refractivity (Wildman–Crippen MR) is 60.3 cm³/mol. The second-order valence-corrected chi connectivity index (χ2v) is 4.84. The van der Waals surface area contributed by atoms with E-state index in [-0.39, 0.29) is 6.04 Å². The lowest BCUT2D eigenvalue weighted by molar-refractivity contribution is 0.306. The highest BCUT2D eigenvalue weighted by Gasteiger charge is 2.21. The lowest BCUT2D eigenvalue weighted by atomic mass is 10.0. The smallest absolute Gasteiger partial charge is 0.132 e. The SMILES string of the molecule is NC1CC=CC(N2CCSCC2)=C1O. The number of nitrogens with two attached hydrogens (primary N) is 1. The van der Waals surface area contributed by atoms with E-state index in [0.717, 1.165) is 36.7 Å². The third kappa shape index (κ3) is 1.91. The molecule has 0 aromatic heterocycles. The quantitative estimate of drug-likeness (QED) is 0.683. The molecule has 0 radical (unpaired) electrons. The molecule has 1 atom stereocenters. The lowest BCUT2D eigenvalue weighted by Crippen LogP contribution is -2.36. The van der Waals surface area contributed by atoms with Crippen molar-refractivity contribution in [2.24, 2.45) is 5.73 Å². The van der Waals surface area contributed by atoms with Crippen molar-refractivity contribution >= 4 is 11.8 Å². The fourth-order valence-electron chi connectivity index (χ4n) is 1.78. The highest BCUT2D eigenvalue weighted by Crippen LogP contribution is 2.22. The summed E-state index contributed by atoms with van der Waals surface area (Å²) >= 11 is 1.96. The minimum atomic E-state index is -0.204. The molecule has 1 heterocycles. The Labute approximate surface area is 88.6 Å². The predicted octanol–water partition coefficient (Wildman–Crippen LogP) is 1.09. The van der Waals surface area contributed by atoms with Crippen LogP contribution in [0.2, 0.25) is 0 Å². The first kappa shape index (κ1) is 9.93. The summed E-state index contributed by atoms with van der Waals surface area (Å²) in [5.41, 5.74) is 6.72. The van der Waals surface area contributed by atoms with Gasteiger partial charge in [-0.3, -0.25) is 0 Å². The van der Waals surface area contributed by atoms with Crippen LogP contribution < -0.4 is 5.73 Å². The minimum Gasteiger partial charge on any atom is -0.508 e. The number of allylic oxidation sites excluding steroid dienone is 1. The molecule has 0 saturated carbocycles. The van der Waals surface area contributed by atoms with E-state index in [4.69, 9.17) is 5.73 Å². The molecule has 0 spiro atoms. The second kappa shape index (κ2) is 4.28. The van der Waals surface area contributed by atoms with E-state index in [9.17, 15) is 5.11 Å². The highest BCUT2D eigenvalue weighted by atomic mass is 32.2. The van der Waals surface area contributed by atoms with Gasteiger partial charge < -0.3 is 15.7 Å². The van der Waals surface area contributed by atoms with Gasteiger partial charge in [0, 0.05) is 24.6 Å². The Bertz CT molecular complexity index is 269. The molecule has 1 unspecified atom stereocenters. The summed E-state index contributed by atoms with van der Waals surface area (Å²) < 4.78 is 0. The summed E-state index contributed by atoms with van der Waals surface area (Å²) in [5.74, 6) is 2.64. The first-order valence-corrected chi connectivity index (χ1v) is 6.12. The number of aliphatic hydroxyl groups excluding tert-OH is 1. The second-order valence-electron chi connectivity index (χ2n) is 3.61. The normalized spacial score (nSPS) is 28.4. The third-order valence-electron chi connectivity index (χ3n) is 2.63. The summed E-state index contributed by atoms with van der Waals surface area (Å²) in [6, 6.07) is -0.204. The van der Waals surface area contributed by atoms with E-state index < -0.39 is 0 Å². The Morgan fingerprint density at radius 2 is 2.14 bits per heavy atom. The summed E-state index contributed by atoms with van der Waals surface area (Å²) in [5, 5.41) is 9.84. The number of thioether (sulfide) groups is 1. The van der Waals surface area contributed by atoms with Gasteiger partial charge in [0.2, 0.25) is 0 Å². The Balaban J connectivity index is 2.14. The van der Waals surface area contributed by atoms with E-state index in [1.54, 1.807) is 0 Å². The van der Waals surface area contributed by atoms with Crippen LogP contribution in [0.4, 0.5) is 0 Å².